The standard InChI is InChI=1S/C20H20ClNO2/c1-2-3-13-22-17-12-8-7-11-16(17)18(23)20(21,19(22)24)14-15-9-5-4-6-10-15/h4-12H,2-3,13-14H2,1H3/t20-/m0/s1. The van der Waals surface area contributed by atoms with Gasteiger partial charge in [0, 0.05) is 18.5 Å². The SMILES string of the molecule is CCCCN1C(=O)[C@](Cl)(Cc2ccccc2)C(=O)c2ccccc21. The molecule has 124 valence electrons. The third-order valence-corrected chi connectivity index (χ3v) is 4.88. The monoisotopic (exact) mass is 341 g/mol. The van der Waals surface area contributed by atoms with Gasteiger partial charge in [0.1, 0.15) is 0 Å². The smallest absolute Gasteiger partial charge is 0.256 e. The van der Waals surface area contributed by atoms with Crippen LogP contribution in [-0.2, 0) is 11.2 Å². The van der Waals surface area contributed by atoms with Crippen LogP contribution in [0.3, 0.4) is 0 Å². The normalized spacial score (nSPS) is 20.2. The van der Waals surface area contributed by atoms with Gasteiger partial charge in [0.05, 0.1) is 5.69 Å². The number of nitrogens with zero attached hydrogens (tertiary/aromatic N) is 1. The third kappa shape index (κ3) is 2.84. The van der Waals surface area contributed by atoms with Gasteiger partial charge in [-0.1, -0.05) is 67.4 Å². The summed E-state index contributed by atoms with van der Waals surface area (Å²) in [5, 5.41) is 0. The maximum Gasteiger partial charge on any atom is 0.256 e. The van der Waals surface area contributed by atoms with E-state index in [2.05, 4.69) is 6.92 Å². The molecule has 1 aliphatic rings. The number of rotatable bonds is 5. The van der Waals surface area contributed by atoms with E-state index in [1.54, 1.807) is 11.0 Å². The lowest BCUT2D eigenvalue weighted by Gasteiger charge is -2.38. The van der Waals surface area contributed by atoms with Crippen LogP contribution in [0.5, 0.6) is 0 Å². The number of para-hydroxylation sites is 1. The summed E-state index contributed by atoms with van der Waals surface area (Å²) in [5.74, 6) is -0.619. The van der Waals surface area contributed by atoms with Crippen molar-refractivity contribution in [3.8, 4) is 0 Å². The second-order valence-electron chi connectivity index (χ2n) is 6.12. The molecule has 0 bridgehead atoms. The number of carbonyl (C=O) groups is 2. The maximum atomic E-state index is 13.1. The van der Waals surface area contributed by atoms with E-state index in [0.29, 0.717) is 17.8 Å². The minimum absolute atomic E-state index is 0.198. The molecule has 0 radical (unpaired) electrons. The van der Waals surface area contributed by atoms with Crippen LogP contribution in [0.15, 0.2) is 54.6 Å². The molecule has 0 aromatic heterocycles. The highest BCUT2D eigenvalue weighted by molar-refractivity contribution is 6.52. The summed E-state index contributed by atoms with van der Waals surface area (Å²) < 4.78 is 0. The molecule has 2 aromatic rings. The van der Waals surface area contributed by atoms with Crippen LogP contribution in [0.2, 0.25) is 0 Å². The van der Waals surface area contributed by atoms with Gasteiger partial charge in [0.2, 0.25) is 0 Å². The average Bonchev–Trinajstić information content (AvgIpc) is 2.61. The Labute approximate surface area is 147 Å². The topological polar surface area (TPSA) is 37.4 Å². The zero-order valence-electron chi connectivity index (χ0n) is 13.7. The summed E-state index contributed by atoms with van der Waals surface area (Å²) in [7, 11) is 0. The van der Waals surface area contributed by atoms with Gasteiger partial charge in [-0.25, -0.2) is 0 Å². The maximum absolute atomic E-state index is 13.1. The first-order chi connectivity index (χ1) is 11.6. The fourth-order valence-electron chi connectivity index (χ4n) is 3.11. The largest absolute Gasteiger partial charge is 0.310 e. The quantitative estimate of drug-likeness (QED) is 0.602. The third-order valence-electron chi connectivity index (χ3n) is 4.41. The molecule has 1 amide bonds. The van der Waals surface area contributed by atoms with E-state index in [1.807, 2.05) is 48.5 Å². The van der Waals surface area contributed by atoms with E-state index in [1.165, 1.54) is 0 Å². The van der Waals surface area contributed by atoms with E-state index in [9.17, 15) is 9.59 Å². The van der Waals surface area contributed by atoms with Crippen molar-refractivity contribution >= 4 is 29.0 Å². The molecule has 0 N–H and O–H groups in total. The predicted octanol–water partition coefficient (Wildman–Crippen LogP) is 4.24. The first-order valence-corrected chi connectivity index (χ1v) is 8.64. The lowest BCUT2D eigenvalue weighted by molar-refractivity contribution is -0.120. The van der Waals surface area contributed by atoms with Crippen LogP contribution >= 0.6 is 11.6 Å². The van der Waals surface area contributed by atoms with Crippen LogP contribution in [0.1, 0.15) is 35.7 Å². The number of fused-ring (bicyclic) bond motifs is 1. The molecule has 0 fully saturated rings. The molecule has 2 aromatic carbocycles. The molecule has 1 heterocycles. The second-order valence-corrected chi connectivity index (χ2v) is 6.77. The fraction of sp³-hybridized carbons (Fsp3) is 0.300. The van der Waals surface area contributed by atoms with Crippen LogP contribution in [0.4, 0.5) is 5.69 Å². The molecule has 3 nitrogen and oxygen atoms in total. The number of anilines is 1. The molecule has 24 heavy (non-hydrogen) atoms. The molecule has 3 rings (SSSR count). The average molecular weight is 342 g/mol. The Morgan fingerprint density at radius 2 is 1.67 bits per heavy atom. The lowest BCUT2D eigenvalue weighted by atomic mass is 9.84. The Bertz CT molecular complexity index is 759. The van der Waals surface area contributed by atoms with Gasteiger partial charge in [-0.2, -0.15) is 0 Å². The summed E-state index contributed by atoms with van der Waals surface area (Å²) in [4.78, 5) is 26.2. The number of hydrogen-bond donors (Lipinski definition) is 0. The van der Waals surface area contributed by atoms with Crippen LogP contribution < -0.4 is 4.90 Å². The van der Waals surface area contributed by atoms with Crippen molar-refractivity contribution in [3.63, 3.8) is 0 Å². The highest BCUT2D eigenvalue weighted by Crippen LogP contribution is 2.38. The molecule has 1 atom stereocenters. The van der Waals surface area contributed by atoms with E-state index < -0.39 is 4.87 Å². The van der Waals surface area contributed by atoms with Crippen molar-refractivity contribution in [2.24, 2.45) is 0 Å². The van der Waals surface area contributed by atoms with Crippen molar-refractivity contribution in [2.45, 2.75) is 31.1 Å². The van der Waals surface area contributed by atoms with Gasteiger partial charge in [-0.15, -0.1) is 0 Å². The van der Waals surface area contributed by atoms with E-state index in [-0.39, 0.29) is 18.1 Å². The molecular formula is C20H20ClNO2. The van der Waals surface area contributed by atoms with Crippen molar-refractivity contribution < 1.29 is 9.59 Å². The zero-order chi connectivity index (χ0) is 17.2. The number of carbonyl (C=O) groups excluding carboxylic acids is 2. The summed E-state index contributed by atoms with van der Waals surface area (Å²) >= 11 is 6.67. The van der Waals surface area contributed by atoms with Gasteiger partial charge < -0.3 is 4.90 Å². The number of Topliss-reactive ketones (excluding diaryl/α,β-unsaturated/α-hetero) is 1. The summed E-state index contributed by atoms with van der Waals surface area (Å²) in [6.45, 7) is 2.65. The number of unbranched alkanes of at least 4 members (excludes halogenated alkanes) is 1. The Hall–Kier alpha value is -2.13. The highest BCUT2D eigenvalue weighted by atomic mass is 35.5. The summed E-state index contributed by atoms with van der Waals surface area (Å²) in [5.41, 5.74) is 2.08. The van der Waals surface area contributed by atoms with E-state index >= 15 is 0 Å². The van der Waals surface area contributed by atoms with Crippen molar-refractivity contribution in [3.05, 3.63) is 65.7 Å². The summed E-state index contributed by atoms with van der Waals surface area (Å²) in [6, 6.07) is 16.7. The first-order valence-electron chi connectivity index (χ1n) is 8.26. The first kappa shape index (κ1) is 16.7. The van der Waals surface area contributed by atoms with Gasteiger partial charge in [0.15, 0.2) is 10.7 Å². The zero-order valence-corrected chi connectivity index (χ0v) is 14.4. The van der Waals surface area contributed by atoms with Crippen molar-refractivity contribution in [2.75, 3.05) is 11.4 Å². The molecule has 1 aliphatic heterocycles. The van der Waals surface area contributed by atoms with Crippen LogP contribution in [-0.4, -0.2) is 23.1 Å². The van der Waals surface area contributed by atoms with Gasteiger partial charge >= 0.3 is 0 Å². The number of amides is 1. The van der Waals surface area contributed by atoms with E-state index in [4.69, 9.17) is 11.6 Å². The summed E-state index contributed by atoms with van der Waals surface area (Å²) in [6.07, 6.45) is 2.03. The van der Waals surface area contributed by atoms with Crippen molar-refractivity contribution in [1.29, 1.82) is 0 Å². The molecule has 0 spiro atoms. The Kier molecular flexibility index (Phi) is 4.72. The van der Waals surface area contributed by atoms with Crippen LogP contribution in [0, 0.1) is 0 Å². The van der Waals surface area contributed by atoms with Gasteiger partial charge in [-0.05, 0) is 24.1 Å². The Morgan fingerprint density at radius 3 is 2.38 bits per heavy atom. The second kappa shape index (κ2) is 6.78. The molecular weight excluding hydrogens is 322 g/mol. The molecule has 0 unspecified atom stereocenters. The Balaban J connectivity index is 2.04. The molecule has 0 saturated carbocycles. The van der Waals surface area contributed by atoms with Crippen molar-refractivity contribution in [1.82, 2.24) is 0 Å². The van der Waals surface area contributed by atoms with E-state index in [0.717, 1.165) is 18.4 Å². The molecule has 0 aliphatic carbocycles. The van der Waals surface area contributed by atoms with Gasteiger partial charge in [-0.3, -0.25) is 9.59 Å². The van der Waals surface area contributed by atoms with Crippen LogP contribution in [0.25, 0.3) is 0 Å². The fourth-order valence-corrected chi connectivity index (χ4v) is 3.46. The number of hydrogen-bond acceptors (Lipinski definition) is 2. The lowest BCUT2D eigenvalue weighted by Crippen LogP contribution is -2.56. The number of ketones is 1. The number of alkyl halides is 1. The predicted molar refractivity (Wildman–Crippen MR) is 96.8 cm³/mol. The minimum Gasteiger partial charge on any atom is -0.310 e. The molecule has 4 heteroatoms. The number of benzene rings is 2. The highest BCUT2D eigenvalue weighted by Gasteiger charge is 2.51. The molecule has 0 saturated heterocycles. The Morgan fingerprint density at radius 1 is 1.00 bits per heavy atom. The van der Waals surface area contributed by atoms with Gasteiger partial charge in [0.25, 0.3) is 5.91 Å². The number of halogens is 1. The minimum atomic E-state index is -1.57.